The van der Waals surface area contributed by atoms with Crippen molar-refractivity contribution >= 4 is 17.6 Å². The summed E-state index contributed by atoms with van der Waals surface area (Å²) in [5, 5.41) is 12.8. The van der Waals surface area contributed by atoms with Crippen LogP contribution in [-0.4, -0.2) is 52.3 Å². The number of aromatic nitrogens is 2. The van der Waals surface area contributed by atoms with Gasteiger partial charge in [-0.15, -0.1) is 0 Å². The Labute approximate surface area is 174 Å². The number of anilines is 1. The maximum atomic E-state index is 13.4. The quantitative estimate of drug-likeness (QED) is 0.537. The number of carbonyl (C=O) groups is 2. The van der Waals surface area contributed by atoms with E-state index < -0.39 is 29.2 Å². The molecule has 1 unspecified atom stereocenters. The van der Waals surface area contributed by atoms with Crippen molar-refractivity contribution in [1.82, 2.24) is 15.3 Å². The lowest BCUT2D eigenvalue weighted by Crippen LogP contribution is -2.52. The number of aryl methyl sites for hydroxylation is 1. The van der Waals surface area contributed by atoms with E-state index in [2.05, 4.69) is 15.3 Å². The lowest BCUT2D eigenvalue weighted by Gasteiger charge is -2.28. The molecule has 2 heterocycles. The number of halogens is 3. The van der Waals surface area contributed by atoms with Gasteiger partial charge in [0.2, 0.25) is 0 Å². The molecule has 9 nitrogen and oxygen atoms in total. The van der Waals surface area contributed by atoms with Crippen molar-refractivity contribution in [2.45, 2.75) is 31.2 Å². The summed E-state index contributed by atoms with van der Waals surface area (Å²) in [6.45, 7) is 2.41. The zero-order valence-corrected chi connectivity index (χ0v) is 16.4. The summed E-state index contributed by atoms with van der Waals surface area (Å²) in [5.74, 6) is -2.75. The first-order valence-electron chi connectivity index (χ1n) is 9.16. The molecule has 0 radical (unpaired) electrons. The number of hydrogen-bond acceptors (Lipinski definition) is 7. The molecular formula is C19H20F3N5O4. The van der Waals surface area contributed by atoms with E-state index in [0.717, 1.165) is 12.1 Å². The van der Waals surface area contributed by atoms with Crippen LogP contribution in [0.5, 0.6) is 0 Å². The second kappa shape index (κ2) is 8.12. The number of nitrogens with one attached hydrogen (secondary N) is 1. The highest BCUT2D eigenvalue weighted by Gasteiger charge is 2.60. The minimum absolute atomic E-state index is 0.0235. The summed E-state index contributed by atoms with van der Waals surface area (Å²) in [7, 11) is 0. The fourth-order valence-corrected chi connectivity index (χ4v) is 3.17. The van der Waals surface area contributed by atoms with Crippen LogP contribution in [0.25, 0.3) is 11.3 Å². The number of nitrogens with two attached hydrogens (primary N) is 2. The van der Waals surface area contributed by atoms with Gasteiger partial charge in [-0.05, 0) is 25.0 Å². The summed E-state index contributed by atoms with van der Waals surface area (Å²) in [6.07, 6.45) is -3.57. The van der Waals surface area contributed by atoms with Crippen LogP contribution >= 0.6 is 0 Å². The third-order valence-electron chi connectivity index (χ3n) is 4.98. The molecule has 1 aromatic heterocycles. The predicted octanol–water partition coefficient (Wildman–Crippen LogP) is 0.788. The average molecular weight is 439 g/mol. The number of benzene rings is 1. The van der Waals surface area contributed by atoms with Gasteiger partial charge >= 0.3 is 6.18 Å². The molecule has 0 spiro atoms. The van der Waals surface area contributed by atoms with E-state index in [1.165, 1.54) is 12.3 Å². The fraction of sp³-hybridized carbons (Fsp3) is 0.368. The molecule has 0 bridgehead atoms. The topological polar surface area (TPSA) is 153 Å². The van der Waals surface area contributed by atoms with Crippen molar-refractivity contribution in [1.29, 1.82) is 0 Å². The predicted molar refractivity (Wildman–Crippen MR) is 102 cm³/mol. The molecule has 31 heavy (non-hydrogen) atoms. The Kier molecular flexibility index (Phi) is 5.87. The smallest absolute Gasteiger partial charge is 0.382 e. The van der Waals surface area contributed by atoms with Crippen molar-refractivity contribution in [3.8, 4) is 11.3 Å². The number of nitrogen functional groups attached to an aromatic ring is 1. The second-order valence-electron chi connectivity index (χ2n) is 7.13. The highest BCUT2D eigenvalue weighted by molar-refractivity contribution is 5.97. The van der Waals surface area contributed by atoms with Crippen LogP contribution in [0.15, 0.2) is 24.4 Å². The Bertz CT molecular complexity index is 1020. The SMILES string of the molecule is Cc1ccc(C(O)(C(N)=O)C(F)(F)F)cc1-c1cnc(N)c(C(=O)N[C@H]2CCOC2)n1. The van der Waals surface area contributed by atoms with Gasteiger partial charge < -0.3 is 26.6 Å². The molecule has 2 aromatic rings. The van der Waals surface area contributed by atoms with E-state index in [4.69, 9.17) is 16.2 Å². The Balaban J connectivity index is 2.04. The van der Waals surface area contributed by atoms with Gasteiger partial charge in [0.15, 0.2) is 11.5 Å². The number of carbonyl (C=O) groups excluding carboxylic acids is 2. The van der Waals surface area contributed by atoms with Gasteiger partial charge in [-0.1, -0.05) is 12.1 Å². The Hall–Kier alpha value is -3.25. The first kappa shape index (κ1) is 22.4. The molecule has 1 saturated heterocycles. The molecule has 0 aliphatic carbocycles. The highest BCUT2D eigenvalue weighted by Crippen LogP contribution is 2.40. The largest absolute Gasteiger partial charge is 0.430 e. The van der Waals surface area contributed by atoms with E-state index in [1.807, 2.05) is 0 Å². The molecule has 1 aliphatic rings. The Morgan fingerprint density at radius 3 is 2.61 bits per heavy atom. The minimum atomic E-state index is -5.35. The molecular weight excluding hydrogens is 419 g/mol. The van der Waals surface area contributed by atoms with E-state index >= 15 is 0 Å². The number of hydrogen-bond donors (Lipinski definition) is 4. The van der Waals surface area contributed by atoms with E-state index in [-0.39, 0.29) is 28.8 Å². The number of amides is 2. The van der Waals surface area contributed by atoms with E-state index in [1.54, 1.807) is 6.92 Å². The standard InChI is InChI=1S/C19H20F3N5O4/c1-9-2-3-10(18(30,17(24)29)19(20,21)22)6-12(9)13-7-25-15(23)14(27-13)16(28)26-11-4-5-31-8-11/h2-3,6-7,11,30H,4-5,8H2,1H3,(H2,23,25)(H2,24,29)(H,26,28)/t11-,18?/m0/s1. The van der Waals surface area contributed by atoms with Crippen LogP contribution in [0.1, 0.15) is 28.0 Å². The van der Waals surface area contributed by atoms with Crippen molar-refractivity contribution in [3.63, 3.8) is 0 Å². The molecule has 3 rings (SSSR count). The van der Waals surface area contributed by atoms with Gasteiger partial charge in [0, 0.05) is 17.7 Å². The highest BCUT2D eigenvalue weighted by atomic mass is 19.4. The summed E-state index contributed by atoms with van der Waals surface area (Å²) in [5.41, 5.74) is 6.29. The number of alkyl halides is 3. The van der Waals surface area contributed by atoms with E-state index in [0.29, 0.717) is 25.2 Å². The molecule has 2 amide bonds. The third-order valence-corrected chi connectivity index (χ3v) is 4.98. The van der Waals surface area contributed by atoms with Gasteiger partial charge in [-0.3, -0.25) is 9.59 Å². The molecule has 0 saturated carbocycles. The van der Waals surface area contributed by atoms with Gasteiger partial charge in [0.1, 0.15) is 0 Å². The Morgan fingerprint density at radius 1 is 1.32 bits per heavy atom. The van der Waals surface area contributed by atoms with E-state index in [9.17, 15) is 27.9 Å². The molecule has 6 N–H and O–H groups in total. The molecule has 1 fully saturated rings. The van der Waals surface area contributed by atoms with Crippen LogP contribution < -0.4 is 16.8 Å². The fourth-order valence-electron chi connectivity index (χ4n) is 3.17. The van der Waals surface area contributed by atoms with Crippen LogP contribution in [0.2, 0.25) is 0 Å². The Morgan fingerprint density at radius 2 is 2.03 bits per heavy atom. The summed E-state index contributed by atoms with van der Waals surface area (Å²) in [4.78, 5) is 32.1. The molecule has 12 heteroatoms. The lowest BCUT2D eigenvalue weighted by atomic mass is 9.89. The first-order chi connectivity index (χ1) is 14.4. The van der Waals surface area contributed by atoms with Crippen LogP contribution in [0.4, 0.5) is 19.0 Å². The number of ether oxygens (including phenoxy) is 1. The number of nitrogens with zero attached hydrogens (tertiary/aromatic N) is 2. The van der Waals surface area contributed by atoms with Crippen molar-refractivity contribution in [2.75, 3.05) is 18.9 Å². The van der Waals surface area contributed by atoms with Crippen LogP contribution in [0, 0.1) is 6.92 Å². The normalized spacial score (nSPS) is 18.4. The maximum absolute atomic E-state index is 13.4. The molecule has 166 valence electrons. The second-order valence-corrected chi connectivity index (χ2v) is 7.13. The molecule has 1 aliphatic heterocycles. The molecule has 2 atom stereocenters. The summed E-state index contributed by atoms with van der Waals surface area (Å²) in [6, 6.07) is 2.91. The van der Waals surface area contributed by atoms with Crippen molar-refractivity contribution < 1.29 is 32.6 Å². The van der Waals surface area contributed by atoms with Gasteiger partial charge in [0.05, 0.1) is 24.5 Å². The number of rotatable bonds is 5. The van der Waals surface area contributed by atoms with Crippen LogP contribution in [0.3, 0.4) is 0 Å². The maximum Gasteiger partial charge on any atom is 0.430 e. The zero-order valence-electron chi connectivity index (χ0n) is 16.4. The number of primary amides is 1. The van der Waals surface area contributed by atoms with Gasteiger partial charge in [0.25, 0.3) is 17.4 Å². The summed E-state index contributed by atoms with van der Waals surface area (Å²) >= 11 is 0. The van der Waals surface area contributed by atoms with Gasteiger partial charge in [-0.2, -0.15) is 13.2 Å². The molecule has 1 aromatic carbocycles. The third kappa shape index (κ3) is 4.16. The summed E-state index contributed by atoms with van der Waals surface area (Å²) < 4.78 is 45.5. The first-order valence-corrected chi connectivity index (χ1v) is 9.16. The number of aliphatic hydroxyl groups is 1. The van der Waals surface area contributed by atoms with Crippen molar-refractivity contribution in [2.24, 2.45) is 5.73 Å². The van der Waals surface area contributed by atoms with Crippen molar-refractivity contribution in [3.05, 3.63) is 41.2 Å². The zero-order chi connectivity index (χ0) is 23.0. The van der Waals surface area contributed by atoms with Crippen LogP contribution in [-0.2, 0) is 15.1 Å². The minimum Gasteiger partial charge on any atom is -0.382 e. The lowest BCUT2D eigenvalue weighted by molar-refractivity contribution is -0.255. The monoisotopic (exact) mass is 439 g/mol. The van der Waals surface area contributed by atoms with Gasteiger partial charge in [-0.25, -0.2) is 9.97 Å². The average Bonchev–Trinajstić information content (AvgIpc) is 3.20.